The van der Waals surface area contributed by atoms with Crippen LogP contribution in [0.25, 0.3) is 0 Å². The van der Waals surface area contributed by atoms with Crippen LogP contribution in [0.2, 0.25) is 5.02 Å². The molecule has 1 N–H and O–H groups in total. The predicted octanol–water partition coefficient (Wildman–Crippen LogP) is 2.15. The molecule has 1 aliphatic rings. The lowest BCUT2D eigenvalue weighted by atomic mass is 10.0. The van der Waals surface area contributed by atoms with E-state index in [9.17, 15) is 0 Å². The van der Waals surface area contributed by atoms with Crippen molar-refractivity contribution in [3.05, 3.63) is 34.3 Å². The molecule has 0 bridgehead atoms. The van der Waals surface area contributed by atoms with E-state index in [2.05, 4.69) is 11.4 Å². The summed E-state index contributed by atoms with van der Waals surface area (Å²) in [6, 6.07) is 5.92. The normalized spacial score (nSPS) is 21.0. The van der Waals surface area contributed by atoms with Gasteiger partial charge in [-0.25, -0.2) is 0 Å². The van der Waals surface area contributed by atoms with Crippen molar-refractivity contribution >= 4 is 11.6 Å². The average Bonchev–Trinajstić information content (AvgIpc) is 2.31. The van der Waals surface area contributed by atoms with E-state index in [4.69, 9.17) is 21.1 Å². The first-order chi connectivity index (χ1) is 7.83. The average molecular weight is 242 g/mol. The van der Waals surface area contributed by atoms with Crippen LogP contribution in [0.15, 0.2) is 18.2 Å². The number of ether oxygens (including phenoxy) is 2. The number of rotatable bonds is 3. The highest BCUT2D eigenvalue weighted by Crippen LogP contribution is 2.30. The maximum Gasteiger partial charge on any atom is 0.108 e. The molecule has 88 valence electrons. The third-order valence-electron chi connectivity index (χ3n) is 2.65. The Morgan fingerprint density at radius 2 is 2.31 bits per heavy atom. The summed E-state index contributed by atoms with van der Waals surface area (Å²) in [5.41, 5.74) is 2.23. The highest BCUT2D eigenvalue weighted by atomic mass is 35.5. The maximum atomic E-state index is 6.24. The van der Waals surface area contributed by atoms with Gasteiger partial charge in [0.05, 0.1) is 19.8 Å². The molecule has 0 aliphatic carbocycles. The Bertz CT molecular complexity index is 351. The fraction of sp³-hybridized carbons (Fsp3) is 0.500. The summed E-state index contributed by atoms with van der Waals surface area (Å²) in [6.07, 6.45) is -0.0363. The molecule has 2 rings (SSSR count). The third-order valence-corrected chi connectivity index (χ3v) is 2.98. The molecule has 0 spiro atoms. The van der Waals surface area contributed by atoms with Crippen molar-refractivity contribution < 1.29 is 9.47 Å². The van der Waals surface area contributed by atoms with Crippen molar-refractivity contribution in [2.24, 2.45) is 0 Å². The zero-order chi connectivity index (χ0) is 11.4. The minimum Gasteiger partial charge on any atom is -0.376 e. The van der Waals surface area contributed by atoms with Gasteiger partial charge in [0.2, 0.25) is 0 Å². The van der Waals surface area contributed by atoms with E-state index in [0.29, 0.717) is 19.8 Å². The number of hydrogen-bond acceptors (Lipinski definition) is 3. The zero-order valence-corrected chi connectivity index (χ0v) is 10.1. The van der Waals surface area contributed by atoms with E-state index in [0.717, 1.165) is 17.1 Å². The van der Waals surface area contributed by atoms with E-state index < -0.39 is 0 Å². The van der Waals surface area contributed by atoms with E-state index in [1.807, 2.05) is 19.2 Å². The monoisotopic (exact) mass is 241 g/mol. The van der Waals surface area contributed by atoms with E-state index >= 15 is 0 Å². The van der Waals surface area contributed by atoms with Crippen molar-refractivity contribution in [2.45, 2.75) is 12.6 Å². The Kier molecular flexibility index (Phi) is 4.18. The van der Waals surface area contributed by atoms with Crippen LogP contribution in [-0.4, -0.2) is 26.9 Å². The molecule has 16 heavy (non-hydrogen) atoms. The first-order valence-corrected chi connectivity index (χ1v) is 5.82. The van der Waals surface area contributed by atoms with Gasteiger partial charge in [-0.3, -0.25) is 0 Å². The summed E-state index contributed by atoms with van der Waals surface area (Å²) in [5.74, 6) is 0. The quantitative estimate of drug-likeness (QED) is 0.880. The van der Waals surface area contributed by atoms with Crippen LogP contribution in [0, 0.1) is 0 Å². The molecule has 0 amide bonds. The second kappa shape index (κ2) is 5.64. The first kappa shape index (κ1) is 11.9. The summed E-state index contributed by atoms with van der Waals surface area (Å²) >= 11 is 6.24. The van der Waals surface area contributed by atoms with Gasteiger partial charge in [0.25, 0.3) is 0 Å². The molecule has 1 aromatic carbocycles. The van der Waals surface area contributed by atoms with E-state index in [-0.39, 0.29) is 6.10 Å². The topological polar surface area (TPSA) is 30.5 Å². The van der Waals surface area contributed by atoms with Crippen molar-refractivity contribution in [2.75, 3.05) is 26.9 Å². The van der Waals surface area contributed by atoms with Crippen molar-refractivity contribution in [3.63, 3.8) is 0 Å². The van der Waals surface area contributed by atoms with Crippen molar-refractivity contribution in [1.29, 1.82) is 0 Å². The van der Waals surface area contributed by atoms with Crippen LogP contribution in [-0.2, 0) is 16.0 Å². The van der Waals surface area contributed by atoms with Gasteiger partial charge in [-0.15, -0.1) is 0 Å². The lowest BCUT2D eigenvalue weighted by Crippen LogP contribution is -2.24. The van der Waals surface area contributed by atoms with Gasteiger partial charge < -0.3 is 14.8 Å². The van der Waals surface area contributed by atoms with Gasteiger partial charge in [-0.2, -0.15) is 0 Å². The molecule has 3 nitrogen and oxygen atoms in total. The summed E-state index contributed by atoms with van der Waals surface area (Å²) in [4.78, 5) is 0. The molecule has 1 heterocycles. The number of hydrogen-bond donors (Lipinski definition) is 1. The van der Waals surface area contributed by atoms with Crippen molar-refractivity contribution in [1.82, 2.24) is 5.32 Å². The molecule has 1 aromatic rings. The van der Waals surface area contributed by atoms with Crippen LogP contribution in [0.4, 0.5) is 0 Å². The smallest absolute Gasteiger partial charge is 0.108 e. The van der Waals surface area contributed by atoms with Crippen molar-refractivity contribution in [3.8, 4) is 0 Å². The number of halogens is 1. The molecule has 1 aliphatic heterocycles. The molecule has 1 atom stereocenters. The van der Waals surface area contributed by atoms with Gasteiger partial charge in [-0.1, -0.05) is 23.7 Å². The molecule has 1 fully saturated rings. The summed E-state index contributed by atoms with van der Waals surface area (Å²) in [5, 5.41) is 3.89. The lowest BCUT2D eigenvalue weighted by Gasteiger charge is -2.26. The number of benzene rings is 1. The Hall–Kier alpha value is -0.610. The molecular weight excluding hydrogens is 226 g/mol. The second-order valence-electron chi connectivity index (χ2n) is 3.78. The number of nitrogens with one attached hydrogen (secondary N) is 1. The molecule has 0 radical (unpaired) electrons. The fourth-order valence-corrected chi connectivity index (χ4v) is 2.26. The fourth-order valence-electron chi connectivity index (χ4n) is 1.94. The molecule has 0 aromatic heterocycles. The minimum atomic E-state index is -0.0363. The first-order valence-electron chi connectivity index (χ1n) is 5.44. The van der Waals surface area contributed by atoms with Crippen LogP contribution in [0.5, 0.6) is 0 Å². The maximum absolute atomic E-state index is 6.24. The Balaban J connectivity index is 2.28. The SMILES string of the molecule is CNCc1cccc(Cl)c1C1COCCO1. The van der Waals surface area contributed by atoms with Gasteiger partial charge in [-0.05, 0) is 18.7 Å². The molecule has 4 heteroatoms. The highest BCUT2D eigenvalue weighted by molar-refractivity contribution is 6.31. The summed E-state index contributed by atoms with van der Waals surface area (Å²) < 4.78 is 11.1. The highest BCUT2D eigenvalue weighted by Gasteiger charge is 2.21. The molecular formula is C12H16ClNO2. The van der Waals surface area contributed by atoms with Crippen LogP contribution < -0.4 is 5.32 Å². The van der Waals surface area contributed by atoms with Gasteiger partial charge >= 0.3 is 0 Å². The lowest BCUT2D eigenvalue weighted by molar-refractivity contribution is -0.0904. The van der Waals surface area contributed by atoms with Gasteiger partial charge in [0, 0.05) is 17.1 Å². The minimum absolute atomic E-state index is 0.0363. The predicted molar refractivity (Wildman–Crippen MR) is 63.7 cm³/mol. The summed E-state index contributed by atoms with van der Waals surface area (Å²) in [7, 11) is 1.92. The third kappa shape index (κ3) is 2.55. The van der Waals surface area contributed by atoms with E-state index in [1.54, 1.807) is 0 Å². The standard InChI is InChI=1S/C12H16ClNO2/c1-14-7-9-3-2-4-10(13)12(9)11-8-15-5-6-16-11/h2-4,11,14H,5-8H2,1H3. The van der Waals surface area contributed by atoms with Crippen LogP contribution in [0.1, 0.15) is 17.2 Å². The largest absolute Gasteiger partial charge is 0.376 e. The molecule has 0 saturated carbocycles. The Labute approximate surface area is 101 Å². The Morgan fingerprint density at radius 3 is 3.00 bits per heavy atom. The van der Waals surface area contributed by atoms with E-state index in [1.165, 1.54) is 5.56 Å². The Morgan fingerprint density at radius 1 is 1.44 bits per heavy atom. The molecule has 1 unspecified atom stereocenters. The second-order valence-corrected chi connectivity index (χ2v) is 4.18. The summed E-state index contributed by atoms with van der Waals surface area (Å²) in [6.45, 7) is 2.67. The molecule has 1 saturated heterocycles. The van der Waals surface area contributed by atoms with Crippen LogP contribution >= 0.6 is 11.6 Å². The van der Waals surface area contributed by atoms with Gasteiger partial charge in [0.15, 0.2) is 0 Å². The van der Waals surface area contributed by atoms with Gasteiger partial charge in [0.1, 0.15) is 6.10 Å². The van der Waals surface area contributed by atoms with Crippen LogP contribution in [0.3, 0.4) is 0 Å². The zero-order valence-electron chi connectivity index (χ0n) is 9.33.